The number of carbonyl (C=O) groups excluding carboxylic acids is 1. The first-order chi connectivity index (χ1) is 13.0. The Balaban J connectivity index is 1.89. The minimum Gasteiger partial charge on any atom is -0.359 e. The van der Waals surface area contributed by atoms with Crippen LogP contribution in [-0.4, -0.2) is 46.1 Å². The molecule has 6 nitrogen and oxygen atoms in total. The summed E-state index contributed by atoms with van der Waals surface area (Å²) in [6, 6.07) is 3.75. The molecule has 0 spiro atoms. The summed E-state index contributed by atoms with van der Waals surface area (Å²) in [5.74, 6) is -0.190. The van der Waals surface area contributed by atoms with Crippen LogP contribution in [0, 0.1) is 13.8 Å². The number of nitrogens with one attached hydrogen (secondary N) is 2. The van der Waals surface area contributed by atoms with Crippen molar-refractivity contribution >= 4 is 17.7 Å². The lowest BCUT2D eigenvalue weighted by Gasteiger charge is -2.17. The lowest BCUT2D eigenvalue weighted by Crippen LogP contribution is -2.25. The van der Waals surface area contributed by atoms with E-state index in [1.165, 1.54) is 11.1 Å². The predicted octanol–water partition coefficient (Wildman–Crippen LogP) is 2.83. The molecule has 0 fully saturated rings. The second-order valence-electron chi connectivity index (χ2n) is 6.75. The molecule has 0 aliphatic carbocycles. The maximum Gasteiger partial charge on any atom is 0.273 e. The average Bonchev–Trinajstić information content (AvgIpc) is 3.17. The molecule has 0 bridgehead atoms. The fourth-order valence-electron chi connectivity index (χ4n) is 3.48. The maximum atomic E-state index is 12.3. The van der Waals surface area contributed by atoms with E-state index in [1.807, 2.05) is 18.2 Å². The number of hydrogen-bond donors (Lipinski definition) is 2. The highest BCUT2D eigenvalue weighted by atomic mass is 16.2. The molecular weight excluding hydrogens is 338 g/mol. The summed E-state index contributed by atoms with van der Waals surface area (Å²) < 4.78 is 0. The van der Waals surface area contributed by atoms with E-state index in [0.717, 1.165) is 43.0 Å². The summed E-state index contributed by atoms with van der Waals surface area (Å²) in [5.41, 5.74) is 9.22. The molecule has 1 aliphatic rings. The lowest BCUT2D eigenvalue weighted by molar-refractivity contribution is -0.116. The van der Waals surface area contributed by atoms with Crippen molar-refractivity contribution in [2.75, 3.05) is 19.6 Å². The Bertz CT molecular complexity index is 875. The fraction of sp³-hybridized carbons (Fsp3) is 0.381. The van der Waals surface area contributed by atoms with Gasteiger partial charge in [-0.1, -0.05) is 13.8 Å². The van der Waals surface area contributed by atoms with Crippen molar-refractivity contribution in [1.82, 2.24) is 20.3 Å². The van der Waals surface area contributed by atoms with Crippen LogP contribution in [0.3, 0.4) is 0 Å². The molecule has 1 aliphatic heterocycles. The minimum absolute atomic E-state index is 0.190. The van der Waals surface area contributed by atoms with E-state index >= 15 is 0 Å². The van der Waals surface area contributed by atoms with Gasteiger partial charge in [-0.3, -0.25) is 9.78 Å². The number of H-pyrrole nitrogens is 1. The molecular formula is C21H27N5O. The van der Waals surface area contributed by atoms with Crippen molar-refractivity contribution in [3.8, 4) is 0 Å². The number of aromatic amines is 1. The third kappa shape index (κ3) is 4.01. The maximum absolute atomic E-state index is 12.3. The Morgan fingerprint density at radius 1 is 1.22 bits per heavy atom. The summed E-state index contributed by atoms with van der Waals surface area (Å²) in [4.78, 5) is 22.3. The van der Waals surface area contributed by atoms with Crippen molar-refractivity contribution in [2.24, 2.45) is 5.10 Å². The van der Waals surface area contributed by atoms with E-state index in [4.69, 9.17) is 0 Å². The summed E-state index contributed by atoms with van der Waals surface area (Å²) in [7, 11) is 0. The molecule has 142 valence electrons. The Kier molecular flexibility index (Phi) is 5.86. The number of nitrogens with zero attached hydrogens (tertiary/aromatic N) is 3. The largest absolute Gasteiger partial charge is 0.359 e. The molecule has 0 aromatic carbocycles. The van der Waals surface area contributed by atoms with Crippen molar-refractivity contribution in [3.05, 3.63) is 58.2 Å². The molecule has 27 heavy (non-hydrogen) atoms. The zero-order valence-corrected chi connectivity index (χ0v) is 16.5. The first-order valence-electron chi connectivity index (χ1n) is 9.46. The Labute approximate surface area is 160 Å². The zero-order valence-electron chi connectivity index (χ0n) is 16.5. The van der Waals surface area contributed by atoms with Crippen LogP contribution in [0.5, 0.6) is 0 Å². The normalized spacial score (nSPS) is 15.5. The predicted molar refractivity (Wildman–Crippen MR) is 109 cm³/mol. The molecule has 2 aromatic rings. The highest BCUT2D eigenvalue weighted by Gasteiger charge is 2.25. The van der Waals surface area contributed by atoms with Crippen LogP contribution in [-0.2, 0) is 11.2 Å². The third-order valence-electron chi connectivity index (χ3n) is 5.20. The SMILES string of the molecule is CCN(CC)CCc1c(C)[nH]c(C=C2C(=O)NN=C2c2cccnc2)c1C. The van der Waals surface area contributed by atoms with Gasteiger partial charge in [0.2, 0.25) is 0 Å². The van der Waals surface area contributed by atoms with Gasteiger partial charge in [0.25, 0.3) is 5.91 Å². The van der Waals surface area contributed by atoms with E-state index in [1.54, 1.807) is 12.4 Å². The second-order valence-corrected chi connectivity index (χ2v) is 6.75. The van der Waals surface area contributed by atoms with Crippen LogP contribution >= 0.6 is 0 Å². The van der Waals surface area contributed by atoms with Gasteiger partial charge in [-0.05, 0) is 62.7 Å². The molecule has 0 unspecified atom stereocenters. The molecule has 2 aromatic heterocycles. The van der Waals surface area contributed by atoms with Crippen molar-refractivity contribution < 1.29 is 4.79 Å². The molecule has 1 amide bonds. The number of pyridine rings is 1. The second kappa shape index (κ2) is 8.31. The van der Waals surface area contributed by atoms with Crippen LogP contribution in [0.15, 0.2) is 35.2 Å². The molecule has 6 heteroatoms. The molecule has 0 atom stereocenters. The van der Waals surface area contributed by atoms with Gasteiger partial charge < -0.3 is 9.88 Å². The molecule has 2 N–H and O–H groups in total. The number of likely N-dealkylation sites (N-methyl/N-ethyl adjacent to an activating group) is 1. The number of hydrazone groups is 1. The smallest absolute Gasteiger partial charge is 0.273 e. The topological polar surface area (TPSA) is 73.4 Å². The summed E-state index contributed by atoms with van der Waals surface area (Å²) >= 11 is 0. The van der Waals surface area contributed by atoms with Gasteiger partial charge in [-0.25, -0.2) is 5.43 Å². The number of amides is 1. The standard InChI is InChI=1S/C21H27N5O/c1-5-26(6-2)11-9-17-14(3)19(23-15(17)4)12-18-20(24-25-21(18)27)16-8-7-10-22-13-16/h7-8,10,12-13,23H,5-6,9,11H2,1-4H3,(H,25,27). The molecule has 3 heterocycles. The third-order valence-corrected chi connectivity index (χ3v) is 5.20. The van der Waals surface area contributed by atoms with E-state index in [0.29, 0.717) is 11.3 Å². The average molecular weight is 365 g/mol. The lowest BCUT2D eigenvalue weighted by atomic mass is 10.0. The summed E-state index contributed by atoms with van der Waals surface area (Å²) in [5, 5.41) is 4.19. The number of hydrogen-bond acceptors (Lipinski definition) is 4. The Morgan fingerprint density at radius 2 is 2.00 bits per heavy atom. The van der Waals surface area contributed by atoms with Gasteiger partial charge in [0.05, 0.1) is 5.57 Å². The monoisotopic (exact) mass is 365 g/mol. The molecule has 3 rings (SSSR count). The van der Waals surface area contributed by atoms with Crippen LogP contribution in [0.4, 0.5) is 0 Å². The summed E-state index contributed by atoms with van der Waals surface area (Å²) in [6.45, 7) is 11.7. The van der Waals surface area contributed by atoms with E-state index in [2.05, 4.69) is 53.1 Å². The minimum atomic E-state index is -0.190. The van der Waals surface area contributed by atoms with Gasteiger partial charge >= 0.3 is 0 Å². The highest BCUT2D eigenvalue weighted by molar-refractivity contribution is 6.33. The van der Waals surface area contributed by atoms with Crippen molar-refractivity contribution in [3.63, 3.8) is 0 Å². The van der Waals surface area contributed by atoms with Crippen molar-refractivity contribution in [2.45, 2.75) is 34.1 Å². The molecule has 0 saturated heterocycles. The van der Waals surface area contributed by atoms with Crippen molar-refractivity contribution in [1.29, 1.82) is 0 Å². The van der Waals surface area contributed by atoms with Crippen LogP contribution in [0.25, 0.3) is 6.08 Å². The molecule has 0 saturated carbocycles. The van der Waals surface area contributed by atoms with Crippen LogP contribution in [0.2, 0.25) is 0 Å². The van der Waals surface area contributed by atoms with Gasteiger partial charge in [-0.15, -0.1) is 0 Å². The zero-order chi connectivity index (χ0) is 19.4. The fourth-order valence-corrected chi connectivity index (χ4v) is 3.48. The number of aromatic nitrogens is 2. The van der Waals surface area contributed by atoms with Gasteiger partial charge in [0, 0.05) is 35.9 Å². The summed E-state index contributed by atoms with van der Waals surface area (Å²) in [6.07, 6.45) is 6.32. The van der Waals surface area contributed by atoms with E-state index < -0.39 is 0 Å². The quantitative estimate of drug-likeness (QED) is 0.741. The molecule has 0 radical (unpaired) electrons. The Hall–Kier alpha value is -2.73. The number of rotatable bonds is 7. The van der Waals surface area contributed by atoms with E-state index in [9.17, 15) is 4.79 Å². The highest BCUT2D eigenvalue weighted by Crippen LogP contribution is 2.23. The van der Waals surface area contributed by atoms with Crippen LogP contribution < -0.4 is 5.43 Å². The number of carbonyl (C=O) groups is 1. The van der Waals surface area contributed by atoms with Gasteiger partial charge in [0.1, 0.15) is 5.71 Å². The Morgan fingerprint density at radius 3 is 2.67 bits per heavy atom. The van der Waals surface area contributed by atoms with Gasteiger partial charge in [0.15, 0.2) is 0 Å². The first kappa shape index (κ1) is 19.0. The van der Waals surface area contributed by atoms with Gasteiger partial charge in [-0.2, -0.15) is 5.10 Å². The number of aryl methyl sites for hydroxylation is 1. The first-order valence-corrected chi connectivity index (χ1v) is 9.46. The van der Waals surface area contributed by atoms with E-state index in [-0.39, 0.29) is 5.91 Å². The van der Waals surface area contributed by atoms with Crippen LogP contribution in [0.1, 0.15) is 41.9 Å².